The van der Waals surface area contributed by atoms with E-state index in [4.69, 9.17) is 0 Å². The summed E-state index contributed by atoms with van der Waals surface area (Å²) < 4.78 is 0. The van der Waals surface area contributed by atoms with E-state index in [0.717, 1.165) is 13.1 Å². The molecule has 1 N–H and O–H groups in total. The number of nitrogens with zero attached hydrogens (tertiary/aromatic N) is 3. The van der Waals surface area contributed by atoms with Gasteiger partial charge in [-0.1, -0.05) is 39.0 Å². The molecule has 3 rings (SSSR count). The maximum Gasteiger partial charge on any atom is 0.274 e. The number of piperazine rings is 1. The fourth-order valence-corrected chi connectivity index (χ4v) is 3.10. The highest BCUT2D eigenvalue weighted by molar-refractivity contribution is 6.03. The maximum absolute atomic E-state index is 12.7. The first kappa shape index (κ1) is 20.0. The summed E-state index contributed by atoms with van der Waals surface area (Å²) in [5.74, 6) is -0.450. The summed E-state index contributed by atoms with van der Waals surface area (Å²) in [6, 6.07) is 12.8. The Labute approximate surface area is 166 Å². The van der Waals surface area contributed by atoms with E-state index in [0.29, 0.717) is 24.5 Å². The Bertz CT molecular complexity index is 848. The van der Waals surface area contributed by atoms with Crippen LogP contribution in [-0.4, -0.2) is 59.8 Å². The zero-order valence-corrected chi connectivity index (χ0v) is 17.0. The van der Waals surface area contributed by atoms with Gasteiger partial charge in [-0.05, 0) is 42.3 Å². The second-order valence-corrected chi connectivity index (χ2v) is 8.29. The number of hydrogen-bond acceptors (Lipinski definition) is 4. The van der Waals surface area contributed by atoms with Gasteiger partial charge in [0.15, 0.2) is 0 Å². The Morgan fingerprint density at radius 3 is 2.14 bits per heavy atom. The number of carbonyl (C=O) groups excluding carboxylic acids is 2. The number of pyridine rings is 1. The molecule has 6 heteroatoms. The molecule has 0 bridgehead atoms. The molecular formula is C22H28N4O2. The Balaban J connectivity index is 1.69. The number of amides is 2. The van der Waals surface area contributed by atoms with Gasteiger partial charge in [0.05, 0.1) is 0 Å². The normalized spacial score (nSPS) is 15.4. The first-order valence-electron chi connectivity index (χ1n) is 9.61. The number of hydrogen-bond donors (Lipinski definition) is 1. The molecule has 1 aromatic carbocycles. The van der Waals surface area contributed by atoms with Crippen LogP contribution in [0.1, 0.15) is 47.3 Å². The minimum absolute atomic E-state index is 0.0576. The Morgan fingerprint density at radius 2 is 1.54 bits per heavy atom. The van der Waals surface area contributed by atoms with Gasteiger partial charge in [-0.25, -0.2) is 4.98 Å². The Hall–Kier alpha value is -2.73. The van der Waals surface area contributed by atoms with Crippen LogP contribution < -0.4 is 5.32 Å². The first-order valence-corrected chi connectivity index (χ1v) is 9.61. The van der Waals surface area contributed by atoms with Crippen molar-refractivity contribution in [3.8, 4) is 0 Å². The van der Waals surface area contributed by atoms with E-state index in [1.54, 1.807) is 23.1 Å². The highest BCUT2D eigenvalue weighted by Gasteiger charge is 2.22. The predicted molar refractivity (Wildman–Crippen MR) is 111 cm³/mol. The van der Waals surface area contributed by atoms with Gasteiger partial charge >= 0.3 is 0 Å². The molecule has 1 saturated heterocycles. The number of nitrogens with one attached hydrogen (secondary N) is 1. The van der Waals surface area contributed by atoms with Crippen LogP contribution in [-0.2, 0) is 5.41 Å². The highest BCUT2D eigenvalue weighted by atomic mass is 16.2. The smallest absolute Gasteiger partial charge is 0.274 e. The second-order valence-electron chi connectivity index (χ2n) is 8.29. The van der Waals surface area contributed by atoms with Gasteiger partial charge in [-0.15, -0.1) is 0 Å². The minimum Gasteiger partial charge on any atom is -0.335 e. The molecule has 1 fully saturated rings. The van der Waals surface area contributed by atoms with Crippen LogP contribution in [0.15, 0.2) is 42.5 Å². The Morgan fingerprint density at radius 1 is 0.929 bits per heavy atom. The van der Waals surface area contributed by atoms with Crippen molar-refractivity contribution in [1.82, 2.24) is 14.8 Å². The Kier molecular flexibility index (Phi) is 5.79. The van der Waals surface area contributed by atoms with Gasteiger partial charge in [0.1, 0.15) is 11.4 Å². The van der Waals surface area contributed by atoms with E-state index in [-0.39, 0.29) is 22.9 Å². The molecule has 2 amide bonds. The third-order valence-electron chi connectivity index (χ3n) is 5.00. The predicted octanol–water partition coefficient (Wildman–Crippen LogP) is 3.02. The average molecular weight is 380 g/mol. The minimum atomic E-state index is -0.323. The van der Waals surface area contributed by atoms with Crippen molar-refractivity contribution in [2.75, 3.05) is 38.5 Å². The molecule has 1 aliphatic heterocycles. The lowest BCUT2D eigenvalue weighted by molar-refractivity contribution is 0.0658. The monoisotopic (exact) mass is 380 g/mol. The molecule has 1 aliphatic rings. The van der Waals surface area contributed by atoms with Crippen LogP contribution in [0.4, 0.5) is 5.69 Å². The average Bonchev–Trinajstić information content (AvgIpc) is 2.68. The van der Waals surface area contributed by atoms with Crippen molar-refractivity contribution in [2.24, 2.45) is 0 Å². The molecule has 28 heavy (non-hydrogen) atoms. The van der Waals surface area contributed by atoms with E-state index in [2.05, 4.69) is 36.0 Å². The summed E-state index contributed by atoms with van der Waals surface area (Å²) in [5.41, 5.74) is 2.50. The van der Waals surface area contributed by atoms with Gasteiger partial charge < -0.3 is 15.1 Å². The van der Waals surface area contributed by atoms with E-state index in [1.807, 2.05) is 31.3 Å². The van der Waals surface area contributed by atoms with Crippen molar-refractivity contribution in [2.45, 2.75) is 26.2 Å². The molecule has 6 nitrogen and oxygen atoms in total. The zero-order valence-electron chi connectivity index (χ0n) is 17.0. The number of likely N-dealkylation sites (N-methyl/N-ethyl adjacent to an activating group) is 1. The number of rotatable bonds is 3. The third-order valence-corrected chi connectivity index (χ3v) is 5.00. The van der Waals surface area contributed by atoms with Crippen molar-refractivity contribution in [3.63, 3.8) is 0 Å². The standard InChI is InChI=1S/C22H28N4O2/c1-22(2,3)16-8-10-17(11-9-16)23-20(27)18-6-5-7-19(24-18)21(28)26-14-12-25(4)13-15-26/h5-11H,12-15H2,1-4H3,(H,23,27). The number of benzene rings is 1. The van der Waals surface area contributed by atoms with Crippen molar-refractivity contribution >= 4 is 17.5 Å². The quantitative estimate of drug-likeness (QED) is 0.889. The lowest BCUT2D eigenvalue weighted by atomic mass is 9.87. The van der Waals surface area contributed by atoms with Crippen LogP contribution in [0.3, 0.4) is 0 Å². The molecule has 0 spiro atoms. The van der Waals surface area contributed by atoms with Crippen LogP contribution in [0.25, 0.3) is 0 Å². The zero-order chi connectivity index (χ0) is 20.3. The van der Waals surface area contributed by atoms with E-state index in [1.165, 1.54) is 5.56 Å². The van der Waals surface area contributed by atoms with E-state index < -0.39 is 0 Å². The molecule has 0 aliphatic carbocycles. The third kappa shape index (κ3) is 4.75. The molecule has 0 unspecified atom stereocenters. The first-order chi connectivity index (χ1) is 13.2. The molecule has 148 valence electrons. The van der Waals surface area contributed by atoms with E-state index >= 15 is 0 Å². The lowest BCUT2D eigenvalue weighted by Gasteiger charge is -2.32. The highest BCUT2D eigenvalue weighted by Crippen LogP contribution is 2.23. The second kappa shape index (κ2) is 8.10. The number of carbonyl (C=O) groups is 2. The molecule has 2 aromatic rings. The van der Waals surface area contributed by atoms with E-state index in [9.17, 15) is 9.59 Å². The number of anilines is 1. The van der Waals surface area contributed by atoms with Gasteiger partial charge in [0.25, 0.3) is 11.8 Å². The fourth-order valence-electron chi connectivity index (χ4n) is 3.10. The van der Waals surface area contributed by atoms with Crippen molar-refractivity contribution in [1.29, 1.82) is 0 Å². The van der Waals surface area contributed by atoms with Crippen molar-refractivity contribution < 1.29 is 9.59 Å². The van der Waals surface area contributed by atoms with Crippen LogP contribution >= 0.6 is 0 Å². The molecule has 0 saturated carbocycles. The molecule has 1 aromatic heterocycles. The fraction of sp³-hybridized carbons (Fsp3) is 0.409. The largest absolute Gasteiger partial charge is 0.335 e. The van der Waals surface area contributed by atoms with Gasteiger partial charge in [0, 0.05) is 31.9 Å². The van der Waals surface area contributed by atoms with Crippen LogP contribution in [0.2, 0.25) is 0 Å². The maximum atomic E-state index is 12.7. The summed E-state index contributed by atoms with van der Waals surface area (Å²) in [6.45, 7) is 9.47. The summed E-state index contributed by atoms with van der Waals surface area (Å²) in [6.07, 6.45) is 0. The van der Waals surface area contributed by atoms with Crippen LogP contribution in [0.5, 0.6) is 0 Å². The summed E-state index contributed by atoms with van der Waals surface area (Å²) in [4.78, 5) is 33.5. The number of aromatic nitrogens is 1. The van der Waals surface area contributed by atoms with Crippen LogP contribution in [0, 0.1) is 0 Å². The summed E-state index contributed by atoms with van der Waals surface area (Å²) in [5, 5.41) is 2.86. The molecule has 0 radical (unpaired) electrons. The lowest BCUT2D eigenvalue weighted by Crippen LogP contribution is -2.47. The SMILES string of the molecule is CN1CCN(C(=O)c2cccc(C(=O)Nc3ccc(C(C)(C)C)cc3)n2)CC1. The van der Waals surface area contributed by atoms with Gasteiger partial charge in [-0.3, -0.25) is 9.59 Å². The van der Waals surface area contributed by atoms with Gasteiger partial charge in [0.2, 0.25) is 0 Å². The summed E-state index contributed by atoms with van der Waals surface area (Å²) >= 11 is 0. The molecule has 2 heterocycles. The molecular weight excluding hydrogens is 352 g/mol. The van der Waals surface area contributed by atoms with Crippen molar-refractivity contribution in [3.05, 3.63) is 59.4 Å². The summed E-state index contributed by atoms with van der Waals surface area (Å²) in [7, 11) is 2.04. The molecule has 0 atom stereocenters. The topological polar surface area (TPSA) is 65.5 Å². The van der Waals surface area contributed by atoms with Gasteiger partial charge in [-0.2, -0.15) is 0 Å².